The van der Waals surface area contributed by atoms with E-state index in [-0.39, 0.29) is 22.4 Å². The predicted octanol–water partition coefficient (Wildman–Crippen LogP) is 0.597. The Morgan fingerprint density at radius 2 is 2.00 bits per heavy atom. The number of nitrogen functional groups attached to an aromatic ring is 1. The van der Waals surface area contributed by atoms with Crippen molar-refractivity contribution in [1.82, 2.24) is 9.62 Å². The second kappa shape index (κ2) is 5.77. The molecule has 1 amide bonds. The number of halogens is 1. The molecule has 0 unspecified atom stereocenters. The molecule has 0 bridgehead atoms. The normalized spacial score (nSPS) is 11.4. The molecule has 0 aromatic heterocycles. The summed E-state index contributed by atoms with van der Waals surface area (Å²) in [6.45, 7) is 1.39. The van der Waals surface area contributed by atoms with Crippen LogP contribution in [-0.4, -0.2) is 39.9 Å². The van der Waals surface area contributed by atoms with E-state index >= 15 is 0 Å². The van der Waals surface area contributed by atoms with Gasteiger partial charge >= 0.3 is 0 Å². The Kier molecular flexibility index (Phi) is 4.78. The van der Waals surface area contributed by atoms with Gasteiger partial charge in [-0.2, -0.15) is 0 Å². The highest BCUT2D eigenvalue weighted by Crippen LogP contribution is 2.26. The van der Waals surface area contributed by atoms with Gasteiger partial charge < -0.3 is 10.6 Å². The molecule has 3 N–H and O–H groups in total. The number of carbonyl (C=O) groups is 1. The summed E-state index contributed by atoms with van der Waals surface area (Å²) in [5, 5.41) is 0.0662. The van der Waals surface area contributed by atoms with Gasteiger partial charge in [0, 0.05) is 19.8 Å². The van der Waals surface area contributed by atoms with Gasteiger partial charge in [0.25, 0.3) is 0 Å². The average molecular weight is 306 g/mol. The summed E-state index contributed by atoms with van der Waals surface area (Å²) in [7, 11) is -0.798. The van der Waals surface area contributed by atoms with E-state index in [2.05, 4.69) is 4.72 Å². The van der Waals surface area contributed by atoms with Gasteiger partial charge in [0.2, 0.25) is 15.9 Å². The van der Waals surface area contributed by atoms with Crippen LogP contribution >= 0.6 is 11.6 Å². The number of benzene rings is 1. The smallest absolute Gasteiger partial charge is 0.242 e. The minimum absolute atomic E-state index is 0.0662. The molecule has 0 fully saturated rings. The van der Waals surface area contributed by atoms with Crippen molar-refractivity contribution in [3.8, 4) is 0 Å². The number of amides is 1. The zero-order valence-corrected chi connectivity index (χ0v) is 12.5. The van der Waals surface area contributed by atoms with Gasteiger partial charge in [-0.15, -0.1) is 0 Å². The van der Waals surface area contributed by atoms with Gasteiger partial charge in [-0.05, 0) is 24.6 Å². The molecular formula is C11H16ClN3O3S. The van der Waals surface area contributed by atoms with Crippen molar-refractivity contribution in [2.45, 2.75) is 11.8 Å². The van der Waals surface area contributed by atoms with E-state index < -0.39 is 10.0 Å². The maximum atomic E-state index is 12.0. The summed E-state index contributed by atoms with van der Waals surface area (Å²) in [6.07, 6.45) is 0. The van der Waals surface area contributed by atoms with Crippen molar-refractivity contribution < 1.29 is 13.2 Å². The first-order valence-electron chi connectivity index (χ1n) is 5.40. The second-order valence-electron chi connectivity index (χ2n) is 4.25. The van der Waals surface area contributed by atoms with E-state index in [1.54, 1.807) is 6.92 Å². The highest BCUT2D eigenvalue weighted by Gasteiger charge is 2.20. The van der Waals surface area contributed by atoms with Crippen LogP contribution in [0.15, 0.2) is 17.0 Å². The van der Waals surface area contributed by atoms with Gasteiger partial charge in [0.15, 0.2) is 0 Å². The van der Waals surface area contributed by atoms with Crippen molar-refractivity contribution in [2.75, 3.05) is 26.4 Å². The molecule has 1 aromatic rings. The Labute approximate surface area is 117 Å². The molecule has 0 saturated carbocycles. The molecule has 1 rings (SSSR count). The summed E-state index contributed by atoms with van der Waals surface area (Å²) in [4.78, 5) is 12.5. The van der Waals surface area contributed by atoms with Gasteiger partial charge in [0.05, 0.1) is 11.6 Å². The fourth-order valence-corrected chi connectivity index (χ4v) is 2.86. The molecule has 19 heavy (non-hydrogen) atoms. The topological polar surface area (TPSA) is 92.5 Å². The standard InChI is InChI=1S/C11H16ClN3O3S/c1-7-4-8(12)10(5-9(7)13)19(17,18)14-6-11(16)15(2)3/h4-5,14H,6,13H2,1-3H3. The first-order chi connectivity index (χ1) is 8.65. The van der Waals surface area contributed by atoms with E-state index in [4.69, 9.17) is 17.3 Å². The number of carbonyl (C=O) groups excluding carboxylic acids is 1. The highest BCUT2D eigenvalue weighted by molar-refractivity contribution is 7.89. The maximum Gasteiger partial charge on any atom is 0.242 e. The zero-order chi connectivity index (χ0) is 14.8. The molecule has 6 nitrogen and oxygen atoms in total. The Balaban J connectivity index is 3.01. The molecule has 8 heteroatoms. The van der Waals surface area contributed by atoms with Gasteiger partial charge in [-0.25, -0.2) is 13.1 Å². The number of sulfonamides is 1. The van der Waals surface area contributed by atoms with Crippen LogP contribution < -0.4 is 10.5 Å². The van der Waals surface area contributed by atoms with Crippen LogP contribution in [0, 0.1) is 6.92 Å². The zero-order valence-electron chi connectivity index (χ0n) is 10.9. The van der Waals surface area contributed by atoms with Crippen LogP contribution in [0.4, 0.5) is 5.69 Å². The first-order valence-corrected chi connectivity index (χ1v) is 7.26. The number of nitrogens with two attached hydrogens (primary N) is 1. The number of nitrogens with zero attached hydrogens (tertiary/aromatic N) is 1. The minimum atomic E-state index is -3.87. The molecule has 0 atom stereocenters. The summed E-state index contributed by atoms with van der Waals surface area (Å²) >= 11 is 5.89. The molecule has 0 aliphatic rings. The number of likely N-dealkylation sites (N-methyl/N-ethyl adjacent to an activating group) is 1. The monoisotopic (exact) mass is 305 g/mol. The number of rotatable bonds is 4. The van der Waals surface area contributed by atoms with Crippen molar-refractivity contribution in [2.24, 2.45) is 0 Å². The molecule has 0 aliphatic carbocycles. The SMILES string of the molecule is Cc1cc(Cl)c(S(=O)(=O)NCC(=O)N(C)C)cc1N. The minimum Gasteiger partial charge on any atom is -0.398 e. The lowest BCUT2D eigenvalue weighted by atomic mass is 10.2. The Morgan fingerprint density at radius 3 is 2.53 bits per heavy atom. The second-order valence-corrected chi connectivity index (χ2v) is 6.39. The number of hydrogen-bond acceptors (Lipinski definition) is 4. The fourth-order valence-electron chi connectivity index (χ4n) is 1.27. The van der Waals surface area contributed by atoms with E-state index in [9.17, 15) is 13.2 Å². The lowest BCUT2D eigenvalue weighted by Gasteiger charge is -2.13. The van der Waals surface area contributed by atoms with E-state index in [0.717, 1.165) is 0 Å². The number of hydrogen-bond donors (Lipinski definition) is 2. The molecule has 0 radical (unpaired) electrons. The molecule has 106 valence electrons. The van der Waals surface area contributed by atoms with E-state index in [1.807, 2.05) is 0 Å². The largest absolute Gasteiger partial charge is 0.398 e. The van der Waals surface area contributed by atoms with Crippen LogP contribution in [-0.2, 0) is 14.8 Å². The fraction of sp³-hybridized carbons (Fsp3) is 0.364. The predicted molar refractivity (Wildman–Crippen MR) is 74.5 cm³/mol. The quantitative estimate of drug-likeness (QED) is 0.797. The third-order valence-electron chi connectivity index (χ3n) is 2.52. The third-order valence-corrected chi connectivity index (χ3v) is 4.39. The summed E-state index contributed by atoms with van der Waals surface area (Å²) in [5.41, 5.74) is 6.68. The Morgan fingerprint density at radius 1 is 1.42 bits per heavy atom. The number of nitrogens with one attached hydrogen (secondary N) is 1. The number of aryl methyl sites for hydroxylation is 1. The highest BCUT2D eigenvalue weighted by atomic mass is 35.5. The van der Waals surface area contributed by atoms with E-state index in [0.29, 0.717) is 11.3 Å². The lowest BCUT2D eigenvalue weighted by molar-refractivity contribution is -0.127. The van der Waals surface area contributed by atoms with Crippen LogP contribution in [0.3, 0.4) is 0 Å². The summed E-state index contributed by atoms with van der Waals surface area (Å²) < 4.78 is 26.2. The molecular weight excluding hydrogens is 290 g/mol. The Bertz CT molecular complexity index is 599. The Hall–Kier alpha value is -1.31. The molecule has 0 saturated heterocycles. The van der Waals surface area contributed by atoms with Crippen molar-refractivity contribution in [3.63, 3.8) is 0 Å². The molecule has 0 spiro atoms. The summed E-state index contributed by atoms with van der Waals surface area (Å²) in [6, 6.07) is 2.75. The first kappa shape index (κ1) is 15.7. The van der Waals surface area contributed by atoms with Gasteiger partial charge in [-0.3, -0.25) is 4.79 Å². The van der Waals surface area contributed by atoms with Crippen LogP contribution in [0.1, 0.15) is 5.56 Å². The number of anilines is 1. The lowest BCUT2D eigenvalue weighted by Crippen LogP contribution is -2.36. The molecule has 1 aromatic carbocycles. The summed E-state index contributed by atoms with van der Waals surface area (Å²) in [5.74, 6) is -0.361. The van der Waals surface area contributed by atoms with Crippen molar-refractivity contribution in [1.29, 1.82) is 0 Å². The van der Waals surface area contributed by atoms with E-state index in [1.165, 1.54) is 31.1 Å². The maximum absolute atomic E-state index is 12.0. The van der Waals surface area contributed by atoms with Crippen LogP contribution in [0.5, 0.6) is 0 Å². The van der Waals surface area contributed by atoms with Crippen LogP contribution in [0.2, 0.25) is 5.02 Å². The molecule has 0 heterocycles. The van der Waals surface area contributed by atoms with Gasteiger partial charge in [-0.1, -0.05) is 11.6 Å². The van der Waals surface area contributed by atoms with Crippen molar-refractivity contribution in [3.05, 3.63) is 22.7 Å². The van der Waals surface area contributed by atoms with Crippen molar-refractivity contribution >= 4 is 33.2 Å². The van der Waals surface area contributed by atoms with Gasteiger partial charge in [0.1, 0.15) is 4.90 Å². The van der Waals surface area contributed by atoms with Crippen LogP contribution in [0.25, 0.3) is 0 Å². The third kappa shape index (κ3) is 3.82. The molecule has 0 aliphatic heterocycles. The average Bonchev–Trinajstić information content (AvgIpc) is 2.30.